The van der Waals surface area contributed by atoms with Crippen LogP contribution in [0.1, 0.15) is 31.7 Å². The van der Waals surface area contributed by atoms with Gasteiger partial charge >= 0.3 is 0 Å². The van der Waals surface area contributed by atoms with Crippen LogP contribution in [0.2, 0.25) is 0 Å². The molecule has 1 aromatic carbocycles. The molecule has 3 rings (SSSR count). The lowest BCUT2D eigenvalue weighted by atomic mass is 9.73. The van der Waals surface area contributed by atoms with Crippen molar-refractivity contribution >= 4 is 5.78 Å². The number of carbonyl (C=O) groups excluding carboxylic acids is 1. The van der Waals surface area contributed by atoms with Crippen molar-refractivity contribution in [2.24, 2.45) is 0 Å². The molecule has 4 N–H and O–H groups in total. The summed E-state index contributed by atoms with van der Waals surface area (Å²) in [4.78, 5) is 11.8. The number of aliphatic hydroxyl groups excluding tert-OH is 1. The molecule has 2 aliphatic rings. The molecule has 6 nitrogen and oxygen atoms in total. The van der Waals surface area contributed by atoms with E-state index in [0.717, 1.165) is 17.6 Å². The Hall–Kier alpha value is -2.31. The first-order chi connectivity index (χ1) is 11.3. The summed E-state index contributed by atoms with van der Waals surface area (Å²) in [6.45, 7) is 1.51. The van der Waals surface area contributed by atoms with Crippen molar-refractivity contribution in [3.63, 3.8) is 0 Å². The van der Waals surface area contributed by atoms with E-state index >= 15 is 0 Å². The molecule has 0 spiro atoms. The smallest absolute Gasteiger partial charge is 0.200 e. The molecule has 1 atom stereocenters. The summed E-state index contributed by atoms with van der Waals surface area (Å²) in [6, 6.07) is 3.01. The lowest BCUT2D eigenvalue weighted by Gasteiger charge is -2.32. The highest BCUT2D eigenvalue weighted by Crippen LogP contribution is 2.49. The van der Waals surface area contributed by atoms with E-state index in [4.69, 9.17) is 14.9 Å². The topological polar surface area (TPSA) is 107 Å². The Morgan fingerprint density at radius 2 is 2.00 bits per heavy atom. The van der Waals surface area contributed by atoms with Crippen LogP contribution < -0.4 is 4.74 Å². The number of hydrogen-bond acceptors (Lipinski definition) is 6. The quantitative estimate of drug-likeness (QED) is 0.493. The Morgan fingerprint density at radius 3 is 2.71 bits per heavy atom. The van der Waals surface area contributed by atoms with Crippen LogP contribution in [0.5, 0.6) is 17.2 Å². The van der Waals surface area contributed by atoms with E-state index in [9.17, 15) is 15.0 Å². The van der Waals surface area contributed by atoms with Gasteiger partial charge in [0.25, 0.3) is 0 Å². The summed E-state index contributed by atoms with van der Waals surface area (Å²) in [5, 5.41) is 37.9. The summed E-state index contributed by atoms with van der Waals surface area (Å²) in [5.41, 5.74) is 1.92. The van der Waals surface area contributed by atoms with Gasteiger partial charge in [-0.2, -0.15) is 0 Å². The fraction of sp³-hybridized carbons (Fsp3) is 0.389. The van der Waals surface area contributed by atoms with Crippen molar-refractivity contribution in [3.8, 4) is 17.2 Å². The molecule has 1 aromatic rings. The molecule has 0 saturated heterocycles. The molecule has 0 radical (unpaired) electrons. The van der Waals surface area contributed by atoms with Crippen LogP contribution in [-0.2, 0) is 10.2 Å². The van der Waals surface area contributed by atoms with Crippen LogP contribution in [-0.4, -0.2) is 39.1 Å². The Bertz CT molecular complexity index is 746. The highest BCUT2D eigenvalue weighted by Gasteiger charge is 2.36. The molecule has 6 heteroatoms. The minimum atomic E-state index is -1.70. The Morgan fingerprint density at radius 1 is 1.25 bits per heavy atom. The van der Waals surface area contributed by atoms with Gasteiger partial charge in [0.1, 0.15) is 6.61 Å². The molecule has 0 aliphatic heterocycles. The number of phenols is 2. The van der Waals surface area contributed by atoms with E-state index in [1.807, 2.05) is 19.1 Å². The predicted octanol–water partition coefficient (Wildman–Crippen LogP) is 1.66. The van der Waals surface area contributed by atoms with Crippen molar-refractivity contribution in [1.29, 1.82) is 0 Å². The number of aliphatic hydroxyl groups is 2. The van der Waals surface area contributed by atoms with Crippen LogP contribution >= 0.6 is 0 Å². The third-order valence-electron chi connectivity index (χ3n) is 4.64. The number of hydrogen-bond donors (Lipinski definition) is 4. The molecule has 128 valence electrons. The van der Waals surface area contributed by atoms with Crippen molar-refractivity contribution < 1.29 is 30.0 Å². The summed E-state index contributed by atoms with van der Waals surface area (Å²) >= 11 is 0. The SMILES string of the molecule is CC1(c2ccc(O)c(O)c2OCC(O)O)C=CC2=C(CCC2=O)C1. The van der Waals surface area contributed by atoms with Gasteiger partial charge in [-0.15, -0.1) is 0 Å². The second-order valence-corrected chi connectivity index (χ2v) is 6.47. The van der Waals surface area contributed by atoms with E-state index in [1.54, 1.807) is 6.07 Å². The van der Waals surface area contributed by atoms with Gasteiger partial charge in [0, 0.05) is 23.0 Å². The first-order valence-electron chi connectivity index (χ1n) is 7.80. The number of aromatic hydroxyl groups is 2. The summed E-state index contributed by atoms with van der Waals surface area (Å²) < 4.78 is 5.33. The van der Waals surface area contributed by atoms with Gasteiger partial charge in [0.2, 0.25) is 5.75 Å². The maximum Gasteiger partial charge on any atom is 0.200 e. The first kappa shape index (κ1) is 16.5. The molecule has 0 amide bonds. The summed E-state index contributed by atoms with van der Waals surface area (Å²) in [5.74, 6) is -0.620. The number of allylic oxidation sites excluding steroid dienone is 4. The third kappa shape index (κ3) is 2.79. The number of ether oxygens (including phenoxy) is 1. The minimum absolute atomic E-state index is 0.0172. The standard InChI is InChI=1S/C18H20O6/c1-18(7-6-11-10(8-18)2-4-13(11)19)12-3-5-14(20)16(23)17(12)24-9-15(21)22/h3,5-7,15,20-23H,2,4,8-9H2,1H3. The monoisotopic (exact) mass is 332 g/mol. The molecule has 0 fully saturated rings. The van der Waals surface area contributed by atoms with E-state index < -0.39 is 24.1 Å². The van der Waals surface area contributed by atoms with Gasteiger partial charge in [0.15, 0.2) is 23.6 Å². The number of Topliss-reactive ketones (excluding diaryl/α,β-unsaturated/α-hetero) is 1. The molecule has 2 aliphatic carbocycles. The first-order valence-corrected chi connectivity index (χ1v) is 7.80. The van der Waals surface area contributed by atoms with Gasteiger partial charge in [-0.1, -0.05) is 30.7 Å². The Labute approximate surface area is 139 Å². The van der Waals surface area contributed by atoms with Crippen LogP contribution in [0.25, 0.3) is 0 Å². The maximum absolute atomic E-state index is 11.8. The molecule has 0 saturated carbocycles. The van der Waals surface area contributed by atoms with Crippen LogP contribution in [0.3, 0.4) is 0 Å². The van der Waals surface area contributed by atoms with Crippen molar-refractivity contribution in [3.05, 3.63) is 41.0 Å². The van der Waals surface area contributed by atoms with Gasteiger partial charge in [0.05, 0.1) is 0 Å². The second-order valence-electron chi connectivity index (χ2n) is 6.47. The Kier molecular flexibility index (Phi) is 4.11. The zero-order valence-corrected chi connectivity index (χ0v) is 13.3. The normalized spacial score (nSPS) is 23.1. The zero-order chi connectivity index (χ0) is 17.5. The second kappa shape index (κ2) is 5.96. The molecule has 0 heterocycles. The maximum atomic E-state index is 11.8. The van der Waals surface area contributed by atoms with Gasteiger partial charge in [-0.05, 0) is 18.9 Å². The van der Waals surface area contributed by atoms with Crippen molar-refractivity contribution in [2.45, 2.75) is 37.9 Å². The summed E-state index contributed by atoms with van der Waals surface area (Å²) in [6.07, 6.45) is 3.85. The van der Waals surface area contributed by atoms with Gasteiger partial charge in [-0.25, -0.2) is 0 Å². The lowest BCUT2D eigenvalue weighted by Crippen LogP contribution is -2.25. The minimum Gasteiger partial charge on any atom is -0.504 e. The zero-order valence-electron chi connectivity index (χ0n) is 13.3. The number of carbonyl (C=O) groups is 1. The van der Waals surface area contributed by atoms with E-state index in [-0.39, 0.29) is 17.3 Å². The molecule has 0 aromatic heterocycles. The van der Waals surface area contributed by atoms with Crippen LogP contribution in [0, 0.1) is 0 Å². The largest absolute Gasteiger partial charge is 0.504 e. The molecular weight excluding hydrogens is 312 g/mol. The summed E-state index contributed by atoms with van der Waals surface area (Å²) in [7, 11) is 0. The third-order valence-corrected chi connectivity index (χ3v) is 4.64. The van der Waals surface area contributed by atoms with Crippen molar-refractivity contribution in [2.75, 3.05) is 6.61 Å². The average molecular weight is 332 g/mol. The number of benzene rings is 1. The van der Waals surface area contributed by atoms with Gasteiger partial charge in [-0.3, -0.25) is 4.79 Å². The van der Waals surface area contributed by atoms with E-state index in [1.165, 1.54) is 6.07 Å². The highest BCUT2D eigenvalue weighted by molar-refractivity contribution is 6.01. The van der Waals surface area contributed by atoms with Gasteiger partial charge < -0.3 is 25.2 Å². The fourth-order valence-corrected chi connectivity index (χ4v) is 3.39. The van der Waals surface area contributed by atoms with Crippen LogP contribution in [0.15, 0.2) is 35.4 Å². The number of phenolic OH excluding ortho intramolecular Hbond substituents is 2. The molecule has 24 heavy (non-hydrogen) atoms. The van der Waals surface area contributed by atoms with E-state index in [2.05, 4.69) is 0 Å². The average Bonchev–Trinajstić information content (AvgIpc) is 2.88. The van der Waals surface area contributed by atoms with E-state index in [0.29, 0.717) is 18.4 Å². The Balaban J connectivity index is 2.00. The highest BCUT2D eigenvalue weighted by atomic mass is 16.5. The molecule has 0 bridgehead atoms. The molecular formula is C18H20O6. The fourth-order valence-electron chi connectivity index (χ4n) is 3.39. The van der Waals surface area contributed by atoms with Crippen LogP contribution in [0.4, 0.5) is 0 Å². The lowest BCUT2D eigenvalue weighted by molar-refractivity contribution is -0.114. The molecule has 1 unspecified atom stereocenters. The van der Waals surface area contributed by atoms with Crippen molar-refractivity contribution in [1.82, 2.24) is 0 Å². The predicted molar refractivity (Wildman–Crippen MR) is 85.9 cm³/mol. The number of ketones is 1. The number of rotatable bonds is 4.